The standard InChI is InChI=1S/C10H18N2O3/c1-6(2)9(13)12-4-7(10(14)15)3-8(11)5-12/h6-8H,3-5,11H2,1-2H3,(H,14,15). The number of aliphatic carboxylic acids is 1. The summed E-state index contributed by atoms with van der Waals surface area (Å²) in [6.07, 6.45) is 0.456. The van der Waals surface area contributed by atoms with Crippen LogP contribution in [0, 0.1) is 11.8 Å². The summed E-state index contributed by atoms with van der Waals surface area (Å²) >= 11 is 0. The number of carbonyl (C=O) groups excluding carboxylic acids is 1. The average molecular weight is 214 g/mol. The van der Waals surface area contributed by atoms with Gasteiger partial charge in [-0.15, -0.1) is 0 Å². The fraction of sp³-hybridized carbons (Fsp3) is 0.800. The van der Waals surface area contributed by atoms with Crippen LogP contribution in [0.5, 0.6) is 0 Å². The van der Waals surface area contributed by atoms with E-state index in [0.717, 1.165) is 0 Å². The van der Waals surface area contributed by atoms with Gasteiger partial charge < -0.3 is 15.7 Å². The van der Waals surface area contributed by atoms with E-state index in [1.807, 2.05) is 0 Å². The Morgan fingerprint density at radius 1 is 1.40 bits per heavy atom. The molecule has 1 rings (SSSR count). The van der Waals surface area contributed by atoms with Crippen molar-refractivity contribution in [2.24, 2.45) is 17.6 Å². The van der Waals surface area contributed by atoms with Crippen molar-refractivity contribution >= 4 is 11.9 Å². The number of carboxylic acids is 1. The Morgan fingerprint density at radius 3 is 2.47 bits per heavy atom. The number of hydrogen-bond donors (Lipinski definition) is 2. The van der Waals surface area contributed by atoms with Gasteiger partial charge >= 0.3 is 5.97 Å². The lowest BCUT2D eigenvalue weighted by atomic mass is 9.94. The van der Waals surface area contributed by atoms with Crippen molar-refractivity contribution in [1.29, 1.82) is 0 Å². The van der Waals surface area contributed by atoms with Gasteiger partial charge in [-0.2, -0.15) is 0 Å². The van der Waals surface area contributed by atoms with Crippen molar-refractivity contribution in [2.45, 2.75) is 26.3 Å². The van der Waals surface area contributed by atoms with E-state index in [9.17, 15) is 9.59 Å². The molecule has 0 aromatic rings. The first-order valence-corrected chi connectivity index (χ1v) is 5.19. The maximum Gasteiger partial charge on any atom is 0.308 e. The highest BCUT2D eigenvalue weighted by molar-refractivity contribution is 5.79. The summed E-state index contributed by atoms with van der Waals surface area (Å²) < 4.78 is 0. The number of nitrogens with zero attached hydrogens (tertiary/aromatic N) is 1. The van der Waals surface area contributed by atoms with Gasteiger partial charge in [-0.05, 0) is 6.42 Å². The summed E-state index contributed by atoms with van der Waals surface area (Å²) in [5.74, 6) is -1.51. The number of carbonyl (C=O) groups is 2. The van der Waals surface area contributed by atoms with E-state index in [4.69, 9.17) is 10.8 Å². The third-order valence-corrected chi connectivity index (χ3v) is 2.64. The van der Waals surface area contributed by atoms with Crippen LogP contribution in [0.1, 0.15) is 20.3 Å². The molecule has 1 heterocycles. The van der Waals surface area contributed by atoms with E-state index in [1.54, 1.807) is 18.7 Å². The quantitative estimate of drug-likeness (QED) is 0.672. The summed E-state index contributed by atoms with van der Waals surface area (Å²) in [5.41, 5.74) is 5.73. The van der Waals surface area contributed by atoms with E-state index < -0.39 is 11.9 Å². The molecule has 1 amide bonds. The van der Waals surface area contributed by atoms with Gasteiger partial charge in [-0.3, -0.25) is 9.59 Å². The lowest BCUT2D eigenvalue weighted by Crippen LogP contribution is -2.52. The molecule has 2 unspecified atom stereocenters. The van der Waals surface area contributed by atoms with Gasteiger partial charge in [-0.25, -0.2) is 0 Å². The highest BCUT2D eigenvalue weighted by atomic mass is 16.4. The third-order valence-electron chi connectivity index (χ3n) is 2.64. The summed E-state index contributed by atoms with van der Waals surface area (Å²) in [6, 6.07) is -0.220. The van der Waals surface area contributed by atoms with E-state index in [0.29, 0.717) is 19.5 Å². The van der Waals surface area contributed by atoms with Crippen molar-refractivity contribution in [1.82, 2.24) is 4.90 Å². The second kappa shape index (κ2) is 4.61. The van der Waals surface area contributed by atoms with Gasteiger partial charge in [0.15, 0.2) is 0 Å². The molecule has 0 saturated carbocycles. The Morgan fingerprint density at radius 2 is 2.00 bits per heavy atom. The van der Waals surface area contributed by atoms with Gasteiger partial charge in [0, 0.05) is 25.0 Å². The zero-order valence-corrected chi connectivity index (χ0v) is 9.14. The van der Waals surface area contributed by atoms with Gasteiger partial charge in [-0.1, -0.05) is 13.8 Å². The normalized spacial score (nSPS) is 26.8. The Balaban J connectivity index is 2.67. The van der Waals surface area contributed by atoms with Crippen LogP contribution in [-0.2, 0) is 9.59 Å². The first kappa shape index (κ1) is 12.0. The predicted molar refractivity (Wildman–Crippen MR) is 55.1 cm³/mol. The molecule has 0 bridgehead atoms. The van der Waals surface area contributed by atoms with E-state index >= 15 is 0 Å². The molecule has 3 N–H and O–H groups in total. The van der Waals surface area contributed by atoms with Crippen molar-refractivity contribution in [3.63, 3.8) is 0 Å². The molecule has 86 valence electrons. The molecule has 0 aliphatic carbocycles. The SMILES string of the molecule is CC(C)C(=O)N1CC(N)CC(C(=O)O)C1. The summed E-state index contributed by atoms with van der Waals surface area (Å²) in [7, 11) is 0. The molecule has 1 fully saturated rings. The number of carboxylic acid groups (broad SMARTS) is 1. The number of likely N-dealkylation sites (tertiary alicyclic amines) is 1. The number of piperidine rings is 1. The fourth-order valence-electron chi connectivity index (χ4n) is 1.86. The van der Waals surface area contributed by atoms with Gasteiger partial charge in [0.25, 0.3) is 0 Å². The van der Waals surface area contributed by atoms with Gasteiger partial charge in [0.1, 0.15) is 0 Å². The first-order chi connectivity index (χ1) is 6.91. The summed E-state index contributed by atoms with van der Waals surface area (Å²) in [4.78, 5) is 24.1. The van der Waals surface area contributed by atoms with Crippen molar-refractivity contribution in [3.8, 4) is 0 Å². The van der Waals surface area contributed by atoms with E-state index in [1.165, 1.54) is 0 Å². The predicted octanol–water partition coefficient (Wildman–Crippen LogP) is -0.0972. The number of rotatable bonds is 2. The van der Waals surface area contributed by atoms with Crippen molar-refractivity contribution in [2.75, 3.05) is 13.1 Å². The lowest BCUT2D eigenvalue weighted by Gasteiger charge is -2.35. The largest absolute Gasteiger partial charge is 0.481 e. The Kier molecular flexibility index (Phi) is 3.68. The molecule has 0 aromatic heterocycles. The molecule has 2 atom stereocenters. The molecule has 5 nitrogen and oxygen atoms in total. The second-order valence-corrected chi connectivity index (χ2v) is 4.43. The third kappa shape index (κ3) is 2.92. The Labute approximate surface area is 89.2 Å². The van der Waals surface area contributed by atoms with Crippen LogP contribution in [0.2, 0.25) is 0 Å². The molecular formula is C10H18N2O3. The Hall–Kier alpha value is -1.10. The van der Waals surface area contributed by atoms with Crippen molar-refractivity contribution < 1.29 is 14.7 Å². The molecule has 1 saturated heterocycles. The second-order valence-electron chi connectivity index (χ2n) is 4.43. The van der Waals surface area contributed by atoms with Crippen molar-refractivity contribution in [3.05, 3.63) is 0 Å². The fourth-order valence-corrected chi connectivity index (χ4v) is 1.86. The molecule has 1 aliphatic rings. The zero-order valence-electron chi connectivity index (χ0n) is 9.14. The molecule has 0 aromatic carbocycles. The van der Waals surface area contributed by atoms with E-state index in [-0.39, 0.29) is 17.9 Å². The van der Waals surface area contributed by atoms with Crippen LogP contribution < -0.4 is 5.73 Å². The highest BCUT2D eigenvalue weighted by Gasteiger charge is 2.32. The van der Waals surface area contributed by atoms with Crippen LogP contribution in [0.15, 0.2) is 0 Å². The number of nitrogens with two attached hydrogens (primary N) is 1. The van der Waals surface area contributed by atoms with Gasteiger partial charge in [0.2, 0.25) is 5.91 Å². The van der Waals surface area contributed by atoms with Crippen LogP contribution in [0.25, 0.3) is 0 Å². The van der Waals surface area contributed by atoms with Crippen LogP contribution >= 0.6 is 0 Å². The molecule has 0 radical (unpaired) electrons. The molecule has 5 heteroatoms. The zero-order chi connectivity index (χ0) is 11.6. The topological polar surface area (TPSA) is 83.6 Å². The Bertz CT molecular complexity index is 265. The highest BCUT2D eigenvalue weighted by Crippen LogP contribution is 2.17. The minimum atomic E-state index is -0.869. The maximum atomic E-state index is 11.7. The number of hydrogen-bond acceptors (Lipinski definition) is 3. The summed E-state index contributed by atoms with van der Waals surface area (Å²) in [5, 5.41) is 8.90. The minimum absolute atomic E-state index is 0.0172. The number of amides is 1. The van der Waals surface area contributed by atoms with Crippen LogP contribution in [0.3, 0.4) is 0 Å². The summed E-state index contributed by atoms with van der Waals surface area (Å²) in [6.45, 7) is 4.37. The van der Waals surface area contributed by atoms with Crippen LogP contribution in [-0.4, -0.2) is 41.0 Å². The average Bonchev–Trinajstić information content (AvgIpc) is 2.15. The van der Waals surface area contributed by atoms with Crippen LogP contribution in [0.4, 0.5) is 0 Å². The minimum Gasteiger partial charge on any atom is -0.481 e. The molecule has 15 heavy (non-hydrogen) atoms. The molecular weight excluding hydrogens is 196 g/mol. The molecule has 1 aliphatic heterocycles. The van der Waals surface area contributed by atoms with Gasteiger partial charge in [0.05, 0.1) is 5.92 Å². The first-order valence-electron chi connectivity index (χ1n) is 5.19. The lowest BCUT2D eigenvalue weighted by molar-refractivity contribution is -0.147. The monoisotopic (exact) mass is 214 g/mol. The molecule has 0 spiro atoms. The smallest absolute Gasteiger partial charge is 0.308 e. The maximum absolute atomic E-state index is 11.7. The van der Waals surface area contributed by atoms with E-state index in [2.05, 4.69) is 0 Å².